The topological polar surface area (TPSA) is 91.2 Å². The van der Waals surface area contributed by atoms with Crippen molar-refractivity contribution in [1.82, 2.24) is 25.1 Å². The summed E-state index contributed by atoms with van der Waals surface area (Å²) < 4.78 is 12.4. The van der Waals surface area contributed by atoms with E-state index in [1.807, 2.05) is 28.9 Å². The first kappa shape index (κ1) is 23.6. The number of carbonyl (C=O) groups is 1. The number of fused-ring (bicyclic) bond motifs is 1. The third-order valence-electron chi connectivity index (χ3n) is 5.43. The van der Waals surface area contributed by atoms with Gasteiger partial charge in [-0.3, -0.25) is 4.79 Å². The molecule has 0 aliphatic rings. The molecule has 0 atom stereocenters. The number of nitrogens with zero attached hydrogens (tertiary/aromatic N) is 4. The monoisotopic (exact) mass is 477 g/mol. The first-order valence-electron chi connectivity index (χ1n) is 10.9. The number of rotatable bonds is 9. The molecule has 1 amide bonds. The van der Waals surface area contributed by atoms with E-state index in [0.717, 1.165) is 32.9 Å². The van der Waals surface area contributed by atoms with Gasteiger partial charge in [-0.2, -0.15) is 5.10 Å². The van der Waals surface area contributed by atoms with Crippen molar-refractivity contribution in [2.75, 3.05) is 26.5 Å². The van der Waals surface area contributed by atoms with Crippen LogP contribution in [0, 0.1) is 13.8 Å². The van der Waals surface area contributed by atoms with Crippen molar-refractivity contribution < 1.29 is 14.3 Å². The van der Waals surface area contributed by atoms with Gasteiger partial charge in [0.1, 0.15) is 11.4 Å². The van der Waals surface area contributed by atoms with E-state index in [9.17, 15) is 4.79 Å². The van der Waals surface area contributed by atoms with Gasteiger partial charge in [0.2, 0.25) is 5.91 Å². The Balaban J connectivity index is 1.37. The van der Waals surface area contributed by atoms with Gasteiger partial charge in [0.05, 0.1) is 37.2 Å². The van der Waals surface area contributed by atoms with Crippen LogP contribution in [0.4, 0.5) is 0 Å². The van der Waals surface area contributed by atoms with E-state index < -0.39 is 0 Å². The number of hydrogen-bond acceptors (Lipinski definition) is 7. The van der Waals surface area contributed by atoms with Crippen LogP contribution in [-0.2, 0) is 11.2 Å². The lowest BCUT2D eigenvalue weighted by Gasteiger charge is -2.10. The Morgan fingerprint density at radius 1 is 1.06 bits per heavy atom. The van der Waals surface area contributed by atoms with Crippen LogP contribution in [0.1, 0.15) is 16.7 Å². The summed E-state index contributed by atoms with van der Waals surface area (Å²) in [6.07, 6.45) is 3.96. The molecule has 0 bridgehead atoms. The van der Waals surface area contributed by atoms with Crippen molar-refractivity contribution in [3.63, 3.8) is 0 Å². The van der Waals surface area contributed by atoms with Gasteiger partial charge >= 0.3 is 0 Å². The van der Waals surface area contributed by atoms with Gasteiger partial charge in [0.15, 0.2) is 17.1 Å². The lowest BCUT2D eigenvalue weighted by Crippen LogP contribution is -2.27. The molecule has 9 heteroatoms. The molecular formula is C25H27N5O3S. The molecule has 176 valence electrons. The number of methoxy groups -OCH3 is 2. The van der Waals surface area contributed by atoms with Gasteiger partial charge in [-0.25, -0.2) is 14.6 Å². The lowest BCUT2D eigenvalue weighted by atomic mass is 10.1. The normalized spacial score (nSPS) is 10.9. The summed E-state index contributed by atoms with van der Waals surface area (Å²) in [6, 6.07) is 12.0. The van der Waals surface area contributed by atoms with Crippen molar-refractivity contribution in [1.29, 1.82) is 0 Å². The summed E-state index contributed by atoms with van der Waals surface area (Å²) in [5.74, 6) is 1.56. The van der Waals surface area contributed by atoms with E-state index in [-0.39, 0.29) is 11.7 Å². The molecular weight excluding hydrogens is 450 g/mol. The molecule has 0 spiro atoms. The molecule has 8 nitrogen and oxygen atoms in total. The second kappa shape index (κ2) is 10.6. The summed E-state index contributed by atoms with van der Waals surface area (Å²) in [5.41, 5.74) is 5.07. The van der Waals surface area contributed by atoms with E-state index in [0.29, 0.717) is 24.5 Å². The minimum Gasteiger partial charge on any atom is -0.493 e. The first-order chi connectivity index (χ1) is 16.5. The van der Waals surface area contributed by atoms with Gasteiger partial charge < -0.3 is 14.8 Å². The fourth-order valence-electron chi connectivity index (χ4n) is 3.72. The minimum absolute atomic E-state index is 0.0565. The Labute approximate surface area is 202 Å². The Morgan fingerprint density at radius 3 is 2.65 bits per heavy atom. The summed E-state index contributed by atoms with van der Waals surface area (Å²) >= 11 is 1.38. The summed E-state index contributed by atoms with van der Waals surface area (Å²) in [5, 5.41) is 9.05. The third-order valence-corrected chi connectivity index (χ3v) is 6.44. The highest BCUT2D eigenvalue weighted by Crippen LogP contribution is 2.28. The number of amides is 1. The maximum absolute atomic E-state index is 12.4. The Bertz CT molecular complexity index is 1320. The first-order valence-corrected chi connectivity index (χ1v) is 11.9. The van der Waals surface area contributed by atoms with E-state index >= 15 is 0 Å². The average Bonchev–Trinajstić information content (AvgIpc) is 3.27. The number of aryl methyl sites for hydroxylation is 2. The third kappa shape index (κ3) is 5.14. The highest BCUT2D eigenvalue weighted by atomic mass is 32.2. The number of hydrogen-bond donors (Lipinski definition) is 1. The number of nitrogens with one attached hydrogen (secondary N) is 1. The van der Waals surface area contributed by atoms with Crippen molar-refractivity contribution >= 4 is 28.7 Å². The maximum Gasteiger partial charge on any atom is 0.230 e. The fraction of sp³-hybridized carbons (Fsp3) is 0.280. The molecule has 1 N–H and O–H groups in total. The maximum atomic E-state index is 12.4. The predicted molar refractivity (Wildman–Crippen MR) is 133 cm³/mol. The molecule has 4 aromatic rings. The minimum atomic E-state index is -0.0565. The zero-order valence-electron chi connectivity index (χ0n) is 19.7. The van der Waals surface area contributed by atoms with Crippen LogP contribution in [0.5, 0.6) is 11.5 Å². The smallest absolute Gasteiger partial charge is 0.230 e. The van der Waals surface area contributed by atoms with Gasteiger partial charge in [0.25, 0.3) is 0 Å². The van der Waals surface area contributed by atoms with Gasteiger partial charge in [0, 0.05) is 6.54 Å². The van der Waals surface area contributed by atoms with E-state index in [1.165, 1.54) is 23.7 Å². The molecule has 0 fully saturated rings. The zero-order chi connectivity index (χ0) is 24.1. The van der Waals surface area contributed by atoms with Crippen LogP contribution in [0.25, 0.3) is 16.7 Å². The molecule has 0 aliphatic heterocycles. The molecule has 0 saturated heterocycles. The Hall–Kier alpha value is -3.59. The van der Waals surface area contributed by atoms with Crippen LogP contribution >= 0.6 is 11.8 Å². The standard InChI is InChI=1S/C25H27N5O3S/c1-16-5-7-20(17(2)11-16)30-24-19(13-29-30)25(28-15-27-24)34-14-23(31)26-10-9-18-6-8-21(32-3)22(12-18)33-4/h5-8,11-13,15H,9-10,14H2,1-4H3,(H,26,31). The fourth-order valence-corrected chi connectivity index (χ4v) is 4.52. The van der Waals surface area contributed by atoms with Crippen molar-refractivity contribution in [3.8, 4) is 17.2 Å². The quantitative estimate of drug-likeness (QED) is 0.289. The number of thioether (sulfide) groups is 1. The van der Waals surface area contributed by atoms with Crippen LogP contribution in [0.3, 0.4) is 0 Å². The molecule has 2 heterocycles. The number of aromatic nitrogens is 4. The number of ether oxygens (including phenoxy) is 2. The molecule has 0 radical (unpaired) electrons. The van der Waals surface area contributed by atoms with Gasteiger partial charge in [-0.1, -0.05) is 35.5 Å². The molecule has 2 aromatic carbocycles. The summed E-state index contributed by atoms with van der Waals surface area (Å²) in [4.78, 5) is 21.2. The van der Waals surface area contributed by atoms with Crippen molar-refractivity contribution in [3.05, 3.63) is 65.6 Å². The van der Waals surface area contributed by atoms with Gasteiger partial charge in [-0.05, 0) is 49.6 Å². The van der Waals surface area contributed by atoms with Crippen LogP contribution in [-0.4, -0.2) is 52.2 Å². The molecule has 4 rings (SSSR count). The highest BCUT2D eigenvalue weighted by molar-refractivity contribution is 8.00. The highest BCUT2D eigenvalue weighted by Gasteiger charge is 2.14. The number of benzene rings is 2. The van der Waals surface area contributed by atoms with Gasteiger partial charge in [-0.15, -0.1) is 0 Å². The Morgan fingerprint density at radius 2 is 1.88 bits per heavy atom. The van der Waals surface area contributed by atoms with Crippen LogP contribution in [0.15, 0.2) is 53.9 Å². The van der Waals surface area contributed by atoms with E-state index in [4.69, 9.17) is 9.47 Å². The SMILES string of the molecule is COc1ccc(CCNC(=O)CSc2ncnc3c2cnn3-c2ccc(C)cc2C)cc1OC. The molecule has 0 aliphatic carbocycles. The van der Waals surface area contributed by atoms with E-state index in [2.05, 4.69) is 46.4 Å². The predicted octanol–water partition coefficient (Wildman–Crippen LogP) is 3.90. The second-order valence-corrected chi connectivity index (χ2v) is 8.80. The van der Waals surface area contributed by atoms with Crippen LogP contribution in [0.2, 0.25) is 0 Å². The second-order valence-electron chi connectivity index (χ2n) is 7.84. The molecule has 2 aromatic heterocycles. The zero-order valence-corrected chi connectivity index (χ0v) is 20.5. The average molecular weight is 478 g/mol. The summed E-state index contributed by atoms with van der Waals surface area (Å²) in [7, 11) is 3.21. The molecule has 34 heavy (non-hydrogen) atoms. The van der Waals surface area contributed by atoms with Crippen LogP contribution < -0.4 is 14.8 Å². The van der Waals surface area contributed by atoms with Crippen molar-refractivity contribution in [2.24, 2.45) is 0 Å². The molecule has 0 unspecified atom stereocenters. The van der Waals surface area contributed by atoms with Crippen molar-refractivity contribution in [2.45, 2.75) is 25.3 Å². The largest absolute Gasteiger partial charge is 0.493 e. The number of carbonyl (C=O) groups excluding carboxylic acids is 1. The Kier molecular flexibility index (Phi) is 7.32. The molecule has 0 saturated carbocycles. The summed E-state index contributed by atoms with van der Waals surface area (Å²) in [6.45, 7) is 4.64. The lowest BCUT2D eigenvalue weighted by molar-refractivity contribution is -0.118. The van der Waals surface area contributed by atoms with E-state index in [1.54, 1.807) is 20.4 Å².